The van der Waals surface area contributed by atoms with Crippen LogP contribution in [0.5, 0.6) is 0 Å². The van der Waals surface area contributed by atoms with Gasteiger partial charge in [-0.15, -0.1) is 0 Å². The van der Waals surface area contributed by atoms with E-state index in [0.717, 1.165) is 5.56 Å². The summed E-state index contributed by atoms with van der Waals surface area (Å²) in [6.07, 6.45) is -0.285. The first-order valence-electron chi connectivity index (χ1n) is 6.70. The Labute approximate surface area is 126 Å². The summed E-state index contributed by atoms with van der Waals surface area (Å²) in [5.74, 6) is -1.05. The Bertz CT molecular complexity index is 610. The number of aliphatic carboxylic acids is 1. The number of sulfonamides is 1. The second-order valence-corrected chi connectivity index (χ2v) is 8.52. The van der Waals surface area contributed by atoms with Crippen LogP contribution in [0.3, 0.4) is 0 Å². The Morgan fingerprint density at radius 3 is 1.95 bits per heavy atom. The van der Waals surface area contributed by atoms with Crippen LogP contribution in [0.2, 0.25) is 0 Å². The number of benzene rings is 1. The van der Waals surface area contributed by atoms with Crippen LogP contribution in [0.1, 0.15) is 46.6 Å². The number of hydrogen-bond acceptors (Lipinski definition) is 3. The molecule has 0 aromatic heterocycles. The second-order valence-electron chi connectivity index (χ2n) is 6.83. The molecule has 6 heteroatoms. The molecule has 0 spiro atoms. The maximum atomic E-state index is 12.3. The molecule has 2 N–H and O–H groups in total. The topological polar surface area (TPSA) is 83.5 Å². The second kappa shape index (κ2) is 5.77. The summed E-state index contributed by atoms with van der Waals surface area (Å²) in [5.41, 5.74) is -0.0719. The maximum Gasteiger partial charge on any atom is 0.305 e. The van der Waals surface area contributed by atoms with Crippen LogP contribution in [0.25, 0.3) is 0 Å². The van der Waals surface area contributed by atoms with E-state index >= 15 is 0 Å². The van der Waals surface area contributed by atoms with Gasteiger partial charge in [-0.3, -0.25) is 4.79 Å². The zero-order valence-corrected chi connectivity index (χ0v) is 13.9. The molecule has 1 aromatic rings. The maximum absolute atomic E-state index is 12.3. The van der Waals surface area contributed by atoms with Crippen molar-refractivity contribution < 1.29 is 18.3 Å². The highest BCUT2D eigenvalue weighted by atomic mass is 32.2. The fourth-order valence-corrected chi connectivity index (χ4v) is 3.38. The van der Waals surface area contributed by atoms with E-state index in [2.05, 4.69) is 4.72 Å². The van der Waals surface area contributed by atoms with Crippen molar-refractivity contribution in [3.05, 3.63) is 29.8 Å². The van der Waals surface area contributed by atoms with Crippen LogP contribution in [0.15, 0.2) is 29.2 Å². The van der Waals surface area contributed by atoms with Gasteiger partial charge in [0.15, 0.2) is 0 Å². The molecule has 0 amide bonds. The molecule has 118 valence electrons. The zero-order valence-electron chi connectivity index (χ0n) is 13.1. The van der Waals surface area contributed by atoms with E-state index in [1.807, 2.05) is 20.8 Å². The molecule has 21 heavy (non-hydrogen) atoms. The van der Waals surface area contributed by atoms with E-state index in [0.29, 0.717) is 0 Å². The van der Waals surface area contributed by atoms with Gasteiger partial charge in [0.05, 0.1) is 11.3 Å². The SMILES string of the molecule is CC(C)(CC(=O)O)NS(=O)(=O)c1ccc(C(C)(C)C)cc1. The molecule has 0 bridgehead atoms. The molecule has 0 atom stereocenters. The number of rotatable bonds is 5. The van der Waals surface area contributed by atoms with E-state index in [1.165, 1.54) is 0 Å². The summed E-state index contributed by atoms with van der Waals surface area (Å²) in [6.45, 7) is 9.23. The predicted molar refractivity (Wildman–Crippen MR) is 81.8 cm³/mol. The Hall–Kier alpha value is -1.40. The fraction of sp³-hybridized carbons (Fsp3) is 0.533. The first-order valence-corrected chi connectivity index (χ1v) is 8.18. The number of carboxylic acid groups (broad SMARTS) is 1. The summed E-state index contributed by atoms with van der Waals surface area (Å²) in [5, 5.41) is 8.81. The van der Waals surface area contributed by atoms with Crippen molar-refractivity contribution in [2.75, 3.05) is 0 Å². The van der Waals surface area contributed by atoms with Crippen molar-refractivity contribution >= 4 is 16.0 Å². The molecule has 0 heterocycles. The minimum absolute atomic E-state index is 0.0572. The Morgan fingerprint density at radius 1 is 1.10 bits per heavy atom. The number of carboxylic acids is 1. The van der Waals surface area contributed by atoms with Gasteiger partial charge in [0.2, 0.25) is 10.0 Å². The van der Waals surface area contributed by atoms with Gasteiger partial charge >= 0.3 is 5.97 Å². The summed E-state index contributed by atoms with van der Waals surface area (Å²) >= 11 is 0. The Morgan fingerprint density at radius 2 is 1.57 bits per heavy atom. The van der Waals surface area contributed by atoms with Crippen LogP contribution in [0, 0.1) is 0 Å². The Balaban J connectivity index is 3.01. The van der Waals surface area contributed by atoms with E-state index in [-0.39, 0.29) is 16.7 Å². The molecule has 0 aliphatic heterocycles. The first-order chi connectivity index (χ1) is 9.33. The number of nitrogens with one attached hydrogen (secondary N) is 1. The van der Waals surface area contributed by atoms with Crippen LogP contribution in [0.4, 0.5) is 0 Å². The molecule has 0 saturated heterocycles. The Kier molecular flexibility index (Phi) is 4.85. The molecule has 0 aliphatic rings. The fourth-order valence-electron chi connectivity index (χ4n) is 1.97. The van der Waals surface area contributed by atoms with Crippen LogP contribution in [-0.2, 0) is 20.2 Å². The van der Waals surface area contributed by atoms with Gasteiger partial charge in [0.25, 0.3) is 0 Å². The average molecular weight is 313 g/mol. The van der Waals surface area contributed by atoms with Crippen molar-refractivity contribution in [2.45, 2.75) is 56.9 Å². The minimum Gasteiger partial charge on any atom is -0.481 e. The van der Waals surface area contributed by atoms with Crippen LogP contribution in [-0.4, -0.2) is 25.0 Å². The summed E-state index contributed by atoms with van der Waals surface area (Å²) in [6, 6.07) is 6.64. The van der Waals surface area contributed by atoms with Gasteiger partial charge in [-0.1, -0.05) is 32.9 Å². The van der Waals surface area contributed by atoms with E-state index in [9.17, 15) is 13.2 Å². The molecule has 0 radical (unpaired) electrons. The largest absolute Gasteiger partial charge is 0.481 e. The van der Waals surface area contributed by atoms with Crippen molar-refractivity contribution in [3.63, 3.8) is 0 Å². The quantitative estimate of drug-likeness (QED) is 0.875. The summed E-state index contributed by atoms with van der Waals surface area (Å²) in [4.78, 5) is 10.9. The third kappa shape index (κ3) is 5.13. The lowest BCUT2D eigenvalue weighted by atomic mass is 9.87. The van der Waals surface area contributed by atoms with Crippen molar-refractivity contribution in [3.8, 4) is 0 Å². The van der Waals surface area contributed by atoms with Gasteiger partial charge < -0.3 is 5.11 Å². The number of carbonyl (C=O) groups is 1. The van der Waals surface area contributed by atoms with Crippen LogP contribution < -0.4 is 4.72 Å². The minimum atomic E-state index is -3.74. The van der Waals surface area contributed by atoms with Gasteiger partial charge in [0.1, 0.15) is 0 Å². The highest BCUT2D eigenvalue weighted by molar-refractivity contribution is 7.89. The van der Waals surface area contributed by atoms with Gasteiger partial charge in [-0.25, -0.2) is 13.1 Å². The predicted octanol–water partition coefficient (Wildman–Crippen LogP) is 2.52. The first kappa shape index (κ1) is 17.7. The molecule has 1 aromatic carbocycles. The zero-order chi connectivity index (χ0) is 16.5. The molecule has 1 rings (SSSR count). The number of hydrogen-bond donors (Lipinski definition) is 2. The molecule has 0 aliphatic carbocycles. The standard InChI is InChI=1S/C15H23NO4S/c1-14(2,3)11-6-8-12(9-7-11)21(19,20)16-15(4,5)10-13(17)18/h6-9,16H,10H2,1-5H3,(H,17,18). The highest BCUT2D eigenvalue weighted by Crippen LogP contribution is 2.24. The normalized spacial score (nSPS) is 13.2. The van der Waals surface area contributed by atoms with E-state index in [4.69, 9.17) is 5.11 Å². The lowest BCUT2D eigenvalue weighted by Crippen LogP contribution is -2.44. The molecule has 5 nitrogen and oxygen atoms in total. The van der Waals surface area contributed by atoms with Gasteiger partial charge in [-0.2, -0.15) is 0 Å². The lowest BCUT2D eigenvalue weighted by molar-refractivity contribution is -0.138. The van der Waals surface area contributed by atoms with E-state index in [1.54, 1.807) is 38.1 Å². The third-order valence-corrected chi connectivity index (χ3v) is 4.75. The summed E-state index contributed by atoms with van der Waals surface area (Å²) < 4.78 is 27.0. The monoisotopic (exact) mass is 313 g/mol. The third-order valence-electron chi connectivity index (χ3n) is 3.03. The molecule has 0 unspecified atom stereocenters. The molecule has 0 fully saturated rings. The van der Waals surface area contributed by atoms with Crippen LogP contribution >= 0.6 is 0 Å². The van der Waals surface area contributed by atoms with Gasteiger partial charge in [0, 0.05) is 5.54 Å². The van der Waals surface area contributed by atoms with E-state index < -0.39 is 21.5 Å². The van der Waals surface area contributed by atoms with Crippen molar-refractivity contribution in [1.82, 2.24) is 4.72 Å². The highest BCUT2D eigenvalue weighted by Gasteiger charge is 2.28. The van der Waals surface area contributed by atoms with Crippen molar-refractivity contribution in [1.29, 1.82) is 0 Å². The van der Waals surface area contributed by atoms with Gasteiger partial charge in [-0.05, 0) is 37.0 Å². The smallest absolute Gasteiger partial charge is 0.305 e. The lowest BCUT2D eigenvalue weighted by Gasteiger charge is -2.24. The molecular formula is C15H23NO4S. The average Bonchev–Trinajstić information content (AvgIpc) is 2.24. The summed E-state index contributed by atoms with van der Waals surface area (Å²) in [7, 11) is -3.74. The molecular weight excluding hydrogens is 290 g/mol. The molecule has 0 saturated carbocycles. The van der Waals surface area contributed by atoms with Crippen molar-refractivity contribution in [2.24, 2.45) is 0 Å².